The molecule has 94 valence electrons. The molecule has 2 aliphatic rings. The van der Waals surface area contributed by atoms with Gasteiger partial charge in [0.1, 0.15) is 14.9 Å². The summed E-state index contributed by atoms with van der Waals surface area (Å²) in [6, 6.07) is 0. The van der Waals surface area contributed by atoms with Crippen LogP contribution >= 0.6 is 0 Å². The fourth-order valence-corrected chi connectivity index (χ4v) is 2.66. The molecule has 1 aliphatic heterocycles. The third-order valence-corrected chi connectivity index (χ3v) is 4.60. The Kier molecular flexibility index (Phi) is 4.97. The quantitative estimate of drug-likeness (QED) is 0.375. The Bertz CT molecular complexity index is 535. The largest absolute Gasteiger partial charge is 1.00 e. The summed E-state index contributed by atoms with van der Waals surface area (Å²) >= 11 is 0. The molecule has 8 heteroatoms. The normalized spacial score (nSPS) is 28.3. The van der Waals surface area contributed by atoms with Crippen molar-refractivity contribution in [3.8, 4) is 0 Å². The number of hydrogen-bond donors (Lipinski definition) is 0. The Morgan fingerprint density at radius 1 is 1.33 bits per heavy atom. The minimum atomic E-state index is -4.89. The molecule has 0 fully saturated rings. The summed E-state index contributed by atoms with van der Waals surface area (Å²) in [5.41, 5.74) is 0.224. The van der Waals surface area contributed by atoms with Crippen LogP contribution in [0.2, 0.25) is 0 Å². The van der Waals surface area contributed by atoms with Crippen LogP contribution in [0.25, 0.3) is 0 Å². The van der Waals surface area contributed by atoms with Gasteiger partial charge in [-0.15, -0.1) is 0 Å². The summed E-state index contributed by atoms with van der Waals surface area (Å²) in [6.45, 7) is 1.24. The Morgan fingerprint density at radius 3 is 2.50 bits per heavy atom. The molecule has 0 saturated heterocycles. The van der Waals surface area contributed by atoms with Gasteiger partial charge in [0.15, 0.2) is 11.5 Å². The van der Waals surface area contributed by atoms with Gasteiger partial charge in [0, 0.05) is 12.0 Å². The van der Waals surface area contributed by atoms with Crippen molar-refractivity contribution in [3.05, 3.63) is 11.3 Å². The third-order valence-electron chi connectivity index (χ3n) is 3.16. The molecule has 18 heavy (non-hydrogen) atoms. The second kappa shape index (κ2) is 5.43. The second-order valence-electron chi connectivity index (χ2n) is 4.37. The van der Waals surface area contributed by atoms with Gasteiger partial charge in [0.05, 0.1) is 6.61 Å². The number of ketones is 2. The summed E-state index contributed by atoms with van der Waals surface area (Å²) in [5.74, 6) is -1.60. The van der Waals surface area contributed by atoms with Gasteiger partial charge in [0.25, 0.3) is 0 Å². The minimum Gasteiger partial charge on any atom is -0.747 e. The molecule has 0 saturated carbocycles. The number of ether oxygens (including phenoxy) is 1. The van der Waals surface area contributed by atoms with Crippen LogP contribution in [0.1, 0.15) is 26.2 Å². The van der Waals surface area contributed by atoms with Crippen molar-refractivity contribution in [1.29, 1.82) is 0 Å². The van der Waals surface area contributed by atoms with E-state index in [0.29, 0.717) is 12.8 Å². The number of hydrogen-bond acceptors (Lipinski definition) is 6. The maximum absolute atomic E-state index is 12.0. The van der Waals surface area contributed by atoms with Gasteiger partial charge in [-0.3, -0.25) is 9.59 Å². The van der Waals surface area contributed by atoms with Gasteiger partial charge in [-0.1, -0.05) is 0 Å². The Hall–Kier alpha value is 0.426. The molecular formula is C10H11KO6S. The number of carbonyl (C=O) groups is 2. The molecule has 1 heterocycles. The van der Waals surface area contributed by atoms with Gasteiger partial charge in [-0.2, -0.15) is 0 Å². The van der Waals surface area contributed by atoms with Crippen LogP contribution in [0.5, 0.6) is 0 Å². The van der Waals surface area contributed by atoms with Gasteiger partial charge < -0.3 is 9.29 Å². The van der Waals surface area contributed by atoms with E-state index in [0.717, 1.165) is 6.92 Å². The van der Waals surface area contributed by atoms with Crippen molar-refractivity contribution >= 4 is 21.7 Å². The maximum Gasteiger partial charge on any atom is 1.00 e. The van der Waals surface area contributed by atoms with Crippen LogP contribution in [-0.4, -0.2) is 35.9 Å². The number of Topliss-reactive ketones (excluding diaryl/α,β-unsaturated/α-hetero) is 2. The predicted molar refractivity (Wildman–Crippen MR) is 54.9 cm³/mol. The molecule has 6 nitrogen and oxygen atoms in total. The summed E-state index contributed by atoms with van der Waals surface area (Å²) in [5, 5.41) is 0. The van der Waals surface area contributed by atoms with Crippen LogP contribution in [0.4, 0.5) is 0 Å². The Balaban J connectivity index is 0.00000162. The van der Waals surface area contributed by atoms with E-state index < -0.39 is 32.9 Å². The average molecular weight is 298 g/mol. The predicted octanol–water partition coefficient (Wildman–Crippen LogP) is -3.10. The van der Waals surface area contributed by atoms with Crippen LogP contribution in [0, 0.1) is 0 Å². The van der Waals surface area contributed by atoms with Gasteiger partial charge >= 0.3 is 51.4 Å². The summed E-state index contributed by atoms with van der Waals surface area (Å²) in [7, 11) is -4.89. The zero-order valence-electron chi connectivity index (χ0n) is 10.2. The van der Waals surface area contributed by atoms with Crippen LogP contribution in [0.15, 0.2) is 11.3 Å². The molecule has 2 rings (SSSR count). The van der Waals surface area contributed by atoms with Crippen molar-refractivity contribution in [2.75, 3.05) is 6.61 Å². The van der Waals surface area contributed by atoms with Crippen LogP contribution in [-0.2, 0) is 24.4 Å². The van der Waals surface area contributed by atoms with Crippen LogP contribution < -0.4 is 51.4 Å². The fraction of sp³-hybridized carbons (Fsp3) is 0.600. The average Bonchev–Trinajstić information content (AvgIpc) is 2.25. The van der Waals surface area contributed by atoms with E-state index in [-0.39, 0.29) is 69.3 Å². The topological polar surface area (TPSA) is 101 Å². The Morgan fingerprint density at radius 2 is 1.94 bits per heavy atom. The first-order chi connectivity index (χ1) is 7.77. The van der Waals surface area contributed by atoms with Gasteiger partial charge in [-0.05, 0) is 19.8 Å². The van der Waals surface area contributed by atoms with E-state index in [4.69, 9.17) is 4.74 Å². The molecule has 0 amide bonds. The smallest absolute Gasteiger partial charge is 0.747 e. The van der Waals surface area contributed by atoms with Crippen molar-refractivity contribution < 1.29 is 78.7 Å². The molecule has 1 aliphatic carbocycles. The molecule has 0 bridgehead atoms. The minimum absolute atomic E-state index is 0. The second-order valence-corrected chi connectivity index (χ2v) is 6.18. The van der Waals surface area contributed by atoms with E-state index in [1.165, 1.54) is 0 Å². The zero-order chi connectivity index (χ0) is 12.8. The van der Waals surface area contributed by atoms with Gasteiger partial charge in [-0.25, -0.2) is 8.42 Å². The first-order valence-corrected chi connectivity index (χ1v) is 6.57. The standard InChI is InChI=1S/C10H12O6S.K/c1-10(17(13,14)15)5-7(11)6-3-2-4-16-8(6)9(10)12;/h2-5H2,1H3,(H,13,14,15);/q;+1/p-1. The van der Waals surface area contributed by atoms with Gasteiger partial charge in [0.2, 0.25) is 5.78 Å². The zero-order valence-corrected chi connectivity index (χ0v) is 14.1. The summed E-state index contributed by atoms with van der Waals surface area (Å²) in [6.07, 6.45) is 0.424. The molecule has 0 aromatic rings. The van der Waals surface area contributed by atoms with E-state index in [9.17, 15) is 22.6 Å². The van der Waals surface area contributed by atoms with E-state index >= 15 is 0 Å². The number of allylic oxidation sites excluding steroid dienone is 2. The van der Waals surface area contributed by atoms with E-state index in [1.54, 1.807) is 0 Å². The van der Waals surface area contributed by atoms with Crippen molar-refractivity contribution in [2.24, 2.45) is 0 Å². The Labute approximate surface area is 147 Å². The van der Waals surface area contributed by atoms with Crippen molar-refractivity contribution in [1.82, 2.24) is 0 Å². The molecule has 1 atom stereocenters. The molecule has 0 spiro atoms. The SMILES string of the molecule is CC1(S(=O)(=O)[O-])CC(=O)C2=C(OCCC2)C1=O.[K+]. The van der Waals surface area contributed by atoms with Crippen molar-refractivity contribution in [3.63, 3.8) is 0 Å². The van der Waals surface area contributed by atoms with E-state index in [2.05, 4.69) is 0 Å². The monoisotopic (exact) mass is 298 g/mol. The molecule has 0 radical (unpaired) electrons. The molecule has 0 N–H and O–H groups in total. The maximum atomic E-state index is 12.0. The van der Waals surface area contributed by atoms with Crippen LogP contribution in [0.3, 0.4) is 0 Å². The molecular weight excluding hydrogens is 287 g/mol. The summed E-state index contributed by atoms with van der Waals surface area (Å²) < 4.78 is 36.2. The number of rotatable bonds is 1. The molecule has 0 aromatic heterocycles. The first-order valence-electron chi connectivity index (χ1n) is 5.17. The first kappa shape index (κ1) is 16.5. The van der Waals surface area contributed by atoms with E-state index in [1.807, 2.05) is 0 Å². The number of carbonyl (C=O) groups excluding carboxylic acids is 2. The van der Waals surface area contributed by atoms with Crippen molar-refractivity contribution in [2.45, 2.75) is 30.9 Å². The fourth-order valence-electron chi connectivity index (χ4n) is 2.03. The summed E-state index contributed by atoms with van der Waals surface area (Å²) in [4.78, 5) is 23.7. The molecule has 0 aromatic carbocycles. The third kappa shape index (κ3) is 2.51. The molecule has 1 unspecified atom stereocenters.